The number of carboxylic acids is 1. The minimum absolute atomic E-state index is 0.104. The zero-order valence-corrected chi connectivity index (χ0v) is 10.4. The second-order valence-corrected chi connectivity index (χ2v) is 3.67. The van der Waals surface area contributed by atoms with Crippen molar-refractivity contribution in [1.82, 2.24) is 9.80 Å². The van der Waals surface area contributed by atoms with Gasteiger partial charge in [0.15, 0.2) is 0 Å². The molecule has 0 saturated carbocycles. The lowest BCUT2D eigenvalue weighted by atomic mass is 10.3. The van der Waals surface area contributed by atoms with Gasteiger partial charge in [0.1, 0.15) is 6.54 Å². The van der Waals surface area contributed by atoms with E-state index in [9.17, 15) is 9.59 Å². The van der Waals surface area contributed by atoms with E-state index in [4.69, 9.17) is 5.11 Å². The first-order chi connectivity index (χ1) is 7.54. The normalized spacial score (nSPS) is 10.5. The maximum absolute atomic E-state index is 11.8. The number of carboxylic acid groups (broad SMARTS) is 1. The summed E-state index contributed by atoms with van der Waals surface area (Å²) in [7, 11) is 0. The molecule has 0 aliphatic rings. The van der Waals surface area contributed by atoms with Gasteiger partial charge in [0, 0.05) is 6.54 Å². The van der Waals surface area contributed by atoms with Gasteiger partial charge in [-0.05, 0) is 19.5 Å². The summed E-state index contributed by atoms with van der Waals surface area (Å²) in [5.41, 5.74) is 0. The first-order valence-electron chi connectivity index (χ1n) is 5.77. The lowest BCUT2D eigenvalue weighted by Gasteiger charge is -2.24. The molecule has 1 N–H and O–H groups in total. The third-order valence-corrected chi connectivity index (χ3v) is 2.43. The molecular weight excluding hydrogens is 208 g/mol. The molecule has 0 aromatic rings. The first kappa shape index (κ1) is 14.9. The minimum atomic E-state index is -0.957. The van der Waals surface area contributed by atoms with Crippen LogP contribution in [0, 0.1) is 0 Å². The third kappa shape index (κ3) is 5.70. The van der Waals surface area contributed by atoms with Crippen molar-refractivity contribution in [3.05, 3.63) is 0 Å². The predicted octanol–water partition coefficient (Wildman–Crippen LogP) is 0.651. The zero-order chi connectivity index (χ0) is 12.6. The van der Waals surface area contributed by atoms with Crippen molar-refractivity contribution in [2.75, 3.05) is 32.7 Å². The summed E-state index contributed by atoms with van der Waals surface area (Å²) in [5.74, 6) is -1.06. The van der Waals surface area contributed by atoms with Crippen LogP contribution in [-0.4, -0.2) is 59.5 Å². The molecule has 0 spiro atoms. The summed E-state index contributed by atoms with van der Waals surface area (Å²) in [6.07, 6.45) is 0.775. The highest BCUT2D eigenvalue weighted by Gasteiger charge is 2.17. The van der Waals surface area contributed by atoms with Crippen LogP contribution in [0.3, 0.4) is 0 Å². The number of nitrogens with zero attached hydrogens (tertiary/aromatic N) is 2. The van der Waals surface area contributed by atoms with Gasteiger partial charge >= 0.3 is 5.97 Å². The van der Waals surface area contributed by atoms with Crippen LogP contribution in [0.15, 0.2) is 0 Å². The zero-order valence-electron chi connectivity index (χ0n) is 10.4. The first-order valence-corrected chi connectivity index (χ1v) is 5.77. The molecule has 0 aromatic carbocycles. The summed E-state index contributed by atoms with van der Waals surface area (Å²) in [6, 6.07) is 0. The highest BCUT2D eigenvalue weighted by molar-refractivity contribution is 5.82. The predicted molar refractivity (Wildman–Crippen MR) is 62.3 cm³/mol. The molecule has 0 unspecified atom stereocenters. The molecule has 16 heavy (non-hydrogen) atoms. The Kier molecular flexibility index (Phi) is 7.54. The number of carbonyl (C=O) groups excluding carboxylic acids is 1. The molecule has 0 atom stereocenters. The van der Waals surface area contributed by atoms with Crippen LogP contribution in [-0.2, 0) is 9.59 Å². The fraction of sp³-hybridized carbons (Fsp3) is 0.818. The maximum atomic E-state index is 11.8. The minimum Gasteiger partial charge on any atom is -0.480 e. The molecule has 1 amide bonds. The summed E-state index contributed by atoms with van der Waals surface area (Å²) in [6.45, 7) is 8.11. The van der Waals surface area contributed by atoms with Crippen molar-refractivity contribution in [2.45, 2.75) is 27.2 Å². The number of amides is 1. The lowest BCUT2D eigenvalue weighted by molar-refractivity contribution is -0.144. The van der Waals surface area contributed by atoms with Crippen LogP contribution in [0.4, 0.5) is 0 Å². The summed E-state index contributed by atoms with van der Waals surface area (Å²) >= 11 is 0. The number of aliphatic carboxylic acids is 1. The average molecular weight is 230 g/mol. The monoisotopic (exact) mass is 230 g/mol. The van der Waals surface area contributed by atoms with Gasteiger partial charge in [0.05, 0.1) is 6.54 Å². The number of carbonyl (C=O) groups is 2. The van der Waals surface area contributed by atoms with Gasteiger partial charge in [-0.3, -0.25) is 14.5 Å². The summed E-state index contributed by atoms with van der Waals surface area (Å²) < 4.78 is 0. The van der Waals surface area contributed by atoms with E-state index in [2.05, 4.69) is 0 Å². The Morgan fingerprint density at radius 3 is 2.00 bits per heavy atom. The van der Waals surface area contributed by atoms with Crippen molar-refractivity contribution in [2.24, 2.45) is 0 Å². The van der Waals surface area contributed by atoms with Crippen molar-refractivity contribution >= 4 is 11.9 Å². The van der Waals surface area contributed by atoms with Crippen LogP contribution in [0.2, 0.25) is 0 Å². The largest absolute Gasteiger partial charge is 0.480 e. The van der Waals surface area contributed by atoms with Crippen LogP contribution >= 0.6 is 0 Å². The van der Waals surface area contributed by atoms with E-state index < -0.39 is 5.97 Å². The van der Waals surface area contributed by atoms with Gasteiger partial charge < -0.3 is 10.0 Å². The van der Waals surface area contributed by atoms with E-state index in [-0.39, 0.29) is 12.5 Å². The van der Waals surface area contributed by atoms with Gasteiger partial charge in [-0.1, -0.05) is 20.8 Å². The van der Waals surface area contributed by atoms with Crippen molar-refractivity contribution in [3.63, 3.8) is 0 Å². The SMILES string of the molecule is CCCN(CC(=O)O)C(=O)CN(CC)CC. The van der Waals surface area contributed by atoms with Gasteiger partial charge in [0.25, 0.3) is 0 Å². The fourth-order valence-corrected chi connectivity index (χ4v) is 1.46. The van der Waals surface area contributed by atoms with Crippen LogP contribution in [0.25, 0.3) is 0 Å². The fourth-order valence-electron chi connectivity index (χ4n) is 1.46. The molecule has 0 saturated heterocycles. The van der Waals surface area contributed by atoms with Crippen LogP contribution in [0.5, 0.6) is 0 Å². The van der Waals surface area contributed by atoms with Crippen molar-refractivity contribution < 1.29 is 14.7 Å². The van der Waals surface area contributed by atoms with Crippen LogP contribution in [0.1, 0.15) is 27.2 Å². The third-order valence-electron chi connectivity index (χ3n) is 2.43. The topological polar surface area (TPSA) is 60.9 Å². The molecular formula is C11H22N2O3. The van der Waals surface area contributed by atoms with E-state index in [0.717, 1.165) is 19.5 Å². The molecule has 0 rings (SSSR count). The number of rotatable bonds is 8. The van der Waals surface area contributed by atoms with E-state index in [1.165, 1.54) is 4.90 Å². The van der Waals surface area contributed by atoms with Gasteiger partial charge in [-0.25, -0.2) is 0 Å². The molecule has 5 nitrogen and oxygen atoms in total. The Hall–Kier alpha value is -1.10. The van der Waals surface area contributed by atoms with Gasteiger partial charge in [-0.2, -0.15) is 0 Å². The Morgan fingerprint density at radius 2 is 1.62 bits per heavy atom. The van der Waals surface area contributed by atoms with E-state index in [1.807, 2.05) is 25.7 Å². The second-order valence-electron chi connectivity index (χ2n) is 3.67. The maximum Gasteiger partial charge on any atom is 0.323 e. The highest BCUT2D eigenvalue weighted by Crippen LogP contribution is 1.96. The molecule has 0 radical (unpaired) electrons. The molecule has 0 aromatic heterocycles. The quantitative estimate of drug-likeness (QED) is 0.665. The Morgan fingerprint density at radius 1 is 1.06 bits per heavy atom. The molecule has 0 bridgehead atoms. The number of hydrogen-bond acceptors (Lipinski definition) is 3. The molecule has 0 aliphatic carbocycles. The van der Waals surface area contributed by atoms with E-state index in [0.29, 0.717) is 13.1 Å². The van der Waals surface area contributed by atoms with Gasteiger partial charge in [-0.15, -0.1) is 0 Å². The van der Waals surface area contributed by atoms with Gasteiger partial charge in [0.2, 0.25) is 5.91 Å². The summed E-state index contributed by atoms with van der Waals surface area (Å²) in [4.78, 5) is 25.8. The number of likely N-dealkylation sites (N-methyl/N-ethyl adjacent to an activating group) is 1. The van der Waals surface area contributed by atoms with Crippen molar-refractivity contribution in [1.29, 1.82) is 0 Å². The van der Waals surface area contributed by atoms with Crippen molar-refractivity contribution in [3.8, 4) is 0 Å². The number of hydrogen-bond donors (Lipinski definition) is 1. The Balaban J connectivity index is 4.30. The molecule has 0 fully saturated rings. The average Bonchev–Trinajstić information content (AvgIpc) is 2.24. The Labute approximate surface area is 97.0 Å². The van der Waals surface area contributed by atoms with Crippen LogP contribution < -0.4 is 0 Å². The molecule has 5 heteroatoms. The lowest BCUT2D eigenvalue weighted by Crippen LogP contribution is -2.43. The molecule has 0 aliphatic heterocycles. The second kappa shape index (κ2) is 8.10. The molecule has 94 valence electrons. The van der Waals surface area contributed by atoms with E-state index >= 15 is 0 Å². The highest BCUT2D eigenvalue weighted by atomic mass is 16.4. The standard InChI is InChI=1S/C11H22N2O3/c1-4-7-13(9-11(15)16)10(14)8-12(5-2)6-3/h4-9H2,1-3H3,(H,15,16). The Bertz CT molecular complexity index is 227. The van der Waals surface area contributed by atoms with E-state index in [1.54, 1.807) is 0 Å². The summed E-state index contributed by atoms with van der Waals surface area (Å²) in [5, 5.41) is 8.70. The molecule has 0 heterocycles. The smallest absolute Gasteiger partial charge is 0.323 e.